The predicted octanol–water partition coefficient (Wildman–Crippen LogP) is 1.95. The minimum atomic E-state index is -3.78. The SMILES string of the molecule is COc1ccc(OC)c(C2(C)OC(NS(=O)(=O)CCCBr)=C(O)C2=O)c1. The van der Waals surface area contributed by atoms with Gasteiger partial charge in [0, 0.05) is 10.9 Å². The standard InChI is InChI=1S/C16H20BrNO7S/c1-16(11-9-10(23-2)5-6-12(11)24-3)14(20)13(19)15(25-16)18-26(21,22)8-4-7-17/h5-6,9,18-19H,4,7-8H2,1-3H3. The molecule has 0 saturated carbocycles. The Hall–Kier alpha value is -1.94. The molecule has 1 atom stereocenters. The van der Waals surface area contributed by atoms with Crippen LogP contribution in [-0.4, -0.2) is 44.6 Å². The minimum Gasteiger partial charge on any atom is -0.501 e. The molecule has 0 amide bonds. The molecule has 1 heterocycles. The number of nitrogens with one attached hydrogen (secondary N) is 1. The molecule has 2 rings (SSSR count). The van der Waals surface area contributed by atoms with E-state index in [9.17, 15) is 18.3 Å². The third-order valence-corrected chi connectivity index (χ3v) is 5.77. The van der Waals surface area contributed by atoms with Crippen LogP contribution in [0.2, 0.25) is 0 Å². The van der Waals surface area contributed by atoms with Gasteiger partial charge in [0.25, 0.3) is 5.78 Å². The van der Waals surface area contributed by atoms with Crippen molar-refractivity contribution in [2.45, 2.75) is 18.9 Å². The summed E-state index contributed by atoms with van der Waals surface area (Å²) in [5.74, 6) is -1.49. The molecular weight excluding hydrogens is 430 g/mol. The Balaban J connectivity index is 2.38. The highest BCUT2D eigenvalue weighted by atomic mass is 79.9. The Morgan fingerprint density at radius 2 is 2.00 bits per heavy atom. The topological polar surface area (TPSA) is 111 Å². The van der Waals surface area contributed by atoms with E-state index in [2.05, 4.69) is 20.7 Å². The van der Waals surface area contributed by atoms with Gasteiger partial charge >= 0.3 is 0 Å². The van der Waals surface area contributed by atoms with Crippen LogP contribution >= 0.6 is 15.9 Å². The second kappa shape index (κ2) is 7.75. The van der Waals surface area contributed by atoms with E-state index in [0.29, 0.717) is 28.8 Å². The minimum absolute atomic E-state index is 0.189. The molecule has 0 bridgehead atoms. The van der Waals surface area contributed by atoms with E-state index in [1.165, 1.54) is 27.2 Å². The molecule has 144 valence electrons. The van der Waals surface area contributed by atoms with Gasteiger partial charge in [-0.15, -0.1) is 0 Å². The van der Waals surface area contributed by atoms with E-state index in [1.807, 2.05) is 0 Å². The number of hydrogen-bond acceptors (Lipinski definition) is 7. The summed E-state index contributed by atoms with van der Waals surface area (Å²) in [7, 11) is -0.891. The van der Waals surface area contributed by atoms with Crippen molar-refractivity contribution in [3.05, 3.63) is 35.4 Å². The number of Topliss-reactive ketones (excluding diaryl/α,β-unsaturated/α-hetero) is 1. The number of carbonyl (C=O) groups excluding carboxylic acids is 1. The zero-order chi connectivity index (χ0) is 19.5. The fraction of sp³-hybridized carbons (Fsp3) is 0.438. The molecule has 0 aromatic heterocycles. The first-order chi connectivity index (χ1) is 12.2. The van der Waals surface area contributed by atoms with Crippen molar-refractivity contribution < 1.29 is 32.5 Å². The lowest BCUT2D eigenvalue weighted by Gasteiger charge is -2.26. The van der Waals surface area contributed by atoms with Gasteiger partial charge in [-0.25, -0.2) is 8.42 Å². The van der Waals surface area contributed by atoms with Crippen molar-refractivity contribution in [2.24, 2.45) is 0 Å². The van der Waals surface area contributed by atoms with Gasteiger partial charge in [-0.1, -0.05) is 15.9 Å². The summed E-state index contributed by atoms with van der Waals surface area (Å²) in [5, 5.41) is 10.6. The van der Waals surface area contributed by atoms with Crippen molar-refractivity contribution in [3.8, 4) is 11.5 Å². The Morgan fingerprint density at radius 1 is 1.31 bits per heavy atom. The van der Waals surface area contributed by atoms with Gasteiger partial charge in [0.1, 0.15) is 11.5 Å². The van der Waals surface area contributed by atoms with Crippen molar-refractivity contribution in [1.29, 1.82) is 0 Å². The fourth-order valence-corrected chi connectivity index (χ4v) is 4.20. The summed E-state index contributed by atoms with van der Waals surface area (Å²) >= 11 is 3.15. The van der Waals surface area contributed by atoms with Gasteiger partial charge in [-0.05, 0) is 31.5 Å². The van der Waals surface area contributed by atoms with Crippen LogP contribution in [0.1, 0.15) is 18.9 Å². The van der Waals surface area contributed by atoms with Crippen LogP contribution in [0.4, 0.5) is 0 Å². The van der Waals surface area contributed by atoms with Crippen molar-refractivity contribution in [2.75, 3.05) is 25.3 Å². The van der Waals surface area contributed by atoms with Gasteiger partial charge in [-0.3, -0.25) is 9.52 Å². The first-order valence-electron chi connectivity index (χ1n) is 7.64. The molecule has 1 unspecified atom stereocenters. The lowest BCUT2D eigenvalue weighted by Crippen LogP contribution is -2.33. The van der Waals surface area contributed by atoms with Crippen LogP contribution in [0, 0.1) is 0 Å². The van der Waals surface area contributed by atoms with Crippen LogP contribution in [-0.2, 0) is 25.2 Å². The van der Waals surface area contributed by atoms with E-state index in [4.69, 9.17) is 14.2 Å². The average molecular weight is 450 g/mol. The lowest BCUT2D eigenvalue weighted by molar-refractivity contribution is -0.131. The molecule has 0 fully saturated rings. The Kier molecular flexibility index (Phi) is 6.07. The monoisotopic (exact) mass is 449 g/mol. The number of halogens is 1. The summed E-state index contributed by atoms with van der Waals surface area (Å²) in [4.78, 5) is 12.6. The number of carbonyl (C=O) groups is 1. The Morgan fingerprint density at radius 3 is 2.58 bits per heavy atom. The predicted molar refractivity (Wildman–Crippen MR) is 98.0 cm³/mol. The van der Waals surface area contributed by atoms with E-state index in [-0.39, 0.29) is 5.75 Å². The molecule has 1 aromatic rings. The molecule has 10 heteroatoms. The molecule has 1 aliphatic heterocycles. The molecular formula is C16H20BrNO7S. The number of rotatable bonds is 8. The normalized spacial score (nSPS) is 20.1. The van der Waals surface area contributed by atoms with Crippen LogP contribution in [0.3, 0.4) is 0 Å². The van der Waals surface area contributed by atoms with E-state index in [0.717, 1.165) is 0 Å². The maximum Gasteiger partial charge on any atom is 0.250 e. The molecule has 0 aliphatic carbocycles. The summed E-state index contributed by atoms with van der Waals surface area (Å²) in [6.07, 6.45) is 0.359. The molecule has 26 heavy (non-hydrogen) atoms. The number of alkyl halides is 1. The maximum absolute atomic E-state index is 12.6. The summed E-state index contributed by atoms with van der Waals surface area (Å²) in [6.45, 7) is 1.42. The van der Waals surface area contributed by atoms with E-state index < -0.39 is 33.0 Å². The van der Waals surface area contributed by atoms with Gasteiger partial charge < -0.3 is 19.3 Å². The largest absolute Gasteiger partial charge is 0.501 e. The van der Waals surface area contributed by atoms with Crippen molar-refractivity contribution in [1.82, 2.24) is 4.72 Å². The molecule has 0 radical (unpaired) electrons. The van der Waals surface area contributed by atoms with Gasteiger partial charge in [0.2, 0.25) is 27.3 Å². The summed E-state index contributed by atoms with van der Waals surface area (Å²) in [5.41, 5.74) is -1.37. The average Bonchev–Trinajstić information content (AvgIpc) is 2.83. The van der Waals surface area contributed by atoms with Gasteiger partial charge in [-0.2, -0.15) is 0 Å². The highest BCUT2D eigenvalue weighted by Crippen LogP contribution is 2.42. The quantitative estimate of drug-likeness (QED) is 0.583. The van der Waals surface area contributed by atoms with Crippen LogP contribution < -0.4 is 14.2 Å². The second-order valence-electron chi connectivity index (χ2n) is 5.67. The van der Waals surface area contributed by atoms with Gasteiger partial charge in [0.05, 0.1) is 20.0 Å². The third kappa shape index (κ3) is 3.90. The highest BCUT2D eigenvalue weighted by molar-refractivity contribution is 9.09. The Bertz CT molecular complexity index is 837. The molecule has 0 spiro atoms. The number of ketones is 1. The lowest BCUT2D eigenvalue weighted by atomic mass is 9.90. The number of ether oxygens (including phenoxy) is 3. The molecule has 1 aromatic carbocycles. The number of sulfonamides is 1. The number of aliphatic hydroxyl groups excluding tert-OH is 1. The van der Waals surface area contributed by atoms with Crippen LogP contribution in [0.25, 0.3) is 0 Å². The van der Waals surface area contributed by atoms with E-state index in [1.54, 1.807) is 12.1 Å². The molecule has 1 aliphatic rings. The van der Waals surface area contributed by atoms with Crippen molar-refractivity contribution >= 4 is 31.7 Å². The zero-order valence-electron chi connectivity index (χ0n) is 14.5. The third-order valence-electron chi connectivity index (χ3n) is 3.89. The smallest absolute Gasteiger partial charge is 0.250 e. The maximum atomic E-state index is 12.6. The van der Waals surface area contributed by atoms with E-state index >= 15 is 0 Å². The first kappa shape index (κ1) is 20.4. The molecule has 0 saturated heterocycles. The molecule has 2 N–H and O–H groups in total. The summed E-state index contributed by atoms with van der Waals surface area (Å²) < 4.78 is 42.2. The Labute approximate surface area is 160 Å². The summed E-state index contributed by atoms with van der Waals surface area (Å²) in [6, 6.07) is 4.76. The number of aliphatic hydroxyl groups is 1. The number of benzene rings is 1. The van der Waals surface area contributed by atoms with Crippen molar-refractivity contribution in [3.63, 3.8) is 0 Å². The van der Waals surface area contributed by atoms with Crippen LogP contribution in [0.15, 0.2) is 29.8 Å². The molecule has 8 nitrogen and oxygen atoms in total. The number of hydrogen-bond donors (Lipinski definition) is 2. The van der Waals surface area contributed by atoms with Crippen LogP contribution in [0.5, 0.6) is 11.5 Å². The fourth-order valence-electron chi connectivity index (χ4n) is 2.50. The van der Waals surface area contributed by atoms with Gasteiger partial charge in [0.15, 0.2) is 0 Å². The first-order valence-corrected chi connectivity index (χ1v) is 10.4. The highest BCUT2D eigenvalue weighted by Gasteiger charge is 2.50. The second-order valence-corrected chi connectivity index (χ2v) is 8.31. The zero-order valence-corrected chi connectivity index (χ0v) is 16.9. The number of methoxy groups -OCH3 is 2.